The first kappa shape index (κ1) is 48.7. The van der Waals surface area contributed by atoms with Gasteiger partial charge in [0.2, 0.25) is 35.4 Å². The van der Waals surface area contributed by atoms with Crippen molar-refractivity contribution in [2.24, 2.45) is 17.6 Å². The number of carbonyl (C=O) groups excluding carboxylic acids is 6. The summed E-state index contributed by atoms with van der Waals surface area (Å²) >= 11 is 0. The van der Waals surface area contributed by atoms with Crippen LogP contribution in [0.1, 0.15) is 91.0 Å². The van der Waals surface area contributed by atoms with Crippen molar-refractivity contribution in [2.75, 3.05) is 6.54 Å². The van der Waals surface area contributed by atoms with Crippen LogP contribution in [0.25, 0.3) is 0 Å². The standard InChI is InChI=1S/C46H66N8O6/c1-30(2)26-37(52-42(57)35(23-15-17-25-49-46(5,6)7)50-39(55)29-34-22-14-16-24-48-34)44(59)54-40(31(3)4)45(60)53-38(28-33-20-12-9-13-21-33)43(58)51-36(41(47)56)27-32-18-10-8-11-19-32/h8-14,16,18-22,24,30-31,35-38,40,49H,15,17,23,25-29H2,1-7H3,(H2,47,56)(H,50,55)(H,51,58)(H,52,57)(H,53,60)(H,54,59)/t35-,36-,37-,38-,40-/m0/s1. The van der Waals surface area contributed by atoms with Crippen molar-refractivity contribution in [3.63, 3.8) is 0 Å². The Morgan fingerprint density at radius 3 is 1.68 bits per heavy atom. The Bertz CT molecular complexity index is 1820. The number of nitrogens with one attached hydrogen (secondary N) is 6. The van der Waals surface area contributed by atoms with Gasteiger partial charge in [0.15, 0.2) is 0 Å². The lowest BCUT2D eigenvalue weighted by Gasteiger charge is -2.29. The summed E-state index contributed by atoms with van der Waals surface area (Å²) < 4.78 is 0. The lowest BCUT2D eigenvalue weighted by Crippen LogP contribution is -2.60. The summed E-state index contributed by atoms with van der Waals surface area (Å²) in [6, 6.07) is 18.3. The molecule has 3 aromatic rings. The van der Waals surface area contributed by atoms with Crippen LogP contribution in [0.5, 0.6) is 0 Å². The van der Waals surface area contributed by atoms with E-state index in [1.54, 1.807) is 38.2 Å². The molecule has 14 heteroatoms. The minimum atomic E-state index is -1.13. The number of carbonyl (C=O) groups is 6. The smallest absolute Gasteiger partial charge is 0.243 e. The van der Waals surface area contributed by atoms with Gasteiger partial charge in [-0.3, -0.25) is 33.8 Å². The highest BCUT2D eigenvalue weighted by molar-refractivity contribution is 5.96. The van der Waals surface area contributed by atoms with Crippen molar-refractivity contribution >= 4 is 35.4 Å². The number of hydrogen-bond donors (Lipinski definition) is 7. The molecular weight excluding hydrogens is 761 g/mol. The number of amides is 6. The number of unbranched alkanes of at least 4 members (excludes halogenated alkanes) is 1. The molecule has 326 valence electrons. The van der Waals surface area contributed by atoms with Crippen LogP contribution in [-0.2, 0) is 48.0 Å². The largest absolute Gasteiger partial charge is 0.368 e. The molecule has 0 aliphatic rings. The number of primary amides is 1. The second-order valence-electron chi connectivity index (χ2n) is 17.1. The van der Waals surface area contributed by atoms with Gasteiger partial charge in [0.05, 0.1) is 6.42 Å². The average molecular weight is 827 g/mol. The summed E-state index contributed by atoms with van der Waals surface area (Å²) in [5.41, 5.74) is 7.75. The van der Waals surface area contributed by atoms with Gasteiger partial charge < -0.3 is 37.6 Å². The van der Waals surface area contributed by atoms with E-state index in [4.69, 9.17) is 5.73 Å². The number of aromatic nitrogens is 1. The number of pyridine rings is 1. The molecule has 0 bridgehead atoms. The van der Waals surface area contributed by atoms with Crippen molar-refractivity contribution in [3.05, 3.63) is 102 Å². The molecule has 0 aliphatic heterocycles. The molecule has 3 rings (SSSR count). The maximum Gasteiger partial charge on any atom is 0.243 e. The fourth-order valence-corrected chi connectivity index (χ4v) is 6.55. The Balaban J connectivity index is 1.79. The van der Waals surface area contributed by atoms with E-state index in [2.05, 4.69) is 57.7 Å². The minimum Gasteiger partial charge on any atom is -0.368 e. The zero-order valence-electron chi connectivity index (χ0n) is 36.3. The van der Waals surface area contributed by atoms with Gasteiger partial charge in [0.25, 0.3) is 0 Å². The Morgan fingerprint density at radius 1 is 0.617 bits per heavy atom. The fraction of sp³-hybridized carbons (Fsp3) is 0.500. The average Bonchev–Trinajstić information content (AvgIpc) is 3.18. The quantitative estimate of drug-likeness (QED) is 0.0665. The molecule has 0 saturated heterocycles. The molecule has 0 fully saturated rings. The van der Waals surface area contributed by atoms with Gasteiger partial charge in [0, 0.05) is 30.3 Å². The van der Waals surface area contributed by atoms with Crippen LogP contribution in [0, 0.1) is 11.8 Å². The Kier molecular flexibility index (Phi) is 19.9. The normalized spacial score (nSPS) is 13.9. The van der Waals surface area contributed by atoms with Gasteiger partial charge in [-0.05, 0) is 88.1 Å². The van der Waals surface area contributed by atoms with Crippen LogP contribution >= 0.6 is 0 Å². The highest BCUT2D eigenvalue weighted by atomic mass is 16.2. The summed E-state index contributed by atoms with van der Waals surface area (Å²) in [4.78, 5) is 85.8. The maximum absolute atomic E-state index is 14.1. The summed E-state index contributed by atoms with van der Waals surface area (Å²) in [6.45, 7) is 14.3. The van der Waals surface area contributed by atoms with Crippen LogP contribution in [0.4, 0.5) is 0 Å². The zero-order valence-corrected chi connectivity index (χ0v) is 36.3. The number of nitrogens with zero attached hydrogens (tertiary/aromatic N) is 1. The molecule has 2 aromatic carbocycles. The van der Waals surface area contributed by atoms with Crippen molar-refractivity contribution in [1.82, 2.24) is 36.9 Å². The number of hydrogen-bond acceptors (Lipinski definition) is 8. The van der Waals surface area contributed by atoms with Crippen LogP contribution in [0.3, 0.4) is 0 Å². The second-order valence-corrected chi connectivity index (χ2v) is 17.1. The van der Waals surface area contributed by atoms with E-state index in [9.17, 15) is 28.8 Å². The number of nitrogens with two attached hydrogens (primary N) is 1. The highest BCUT2D eigenvalue weighted by Gasteiger charge is 2.34. The SMILES string of the molecule is CC(C)C[C@H](NC(=O)[C@H](CCCCNC(C)(C)C)NC(=O)Cc1ccccn1)C(=O)N[C@H](C(=O)N[C@@H](Cc1ccccc1)C(=O)N[C@@H](Cc1ccccc1)C(N)=O)C(C)C. The second kappa shape index (κ2) is 24.5. The van der Waals surface area contributed by atoms with Crippen LogP contribution in [-0.4, -0.2) is 82.7 Å². The molecule has 0 saturated carbocycles. The van der Waals surface area contributed by atoms with Crippen LogP contribution in [0.15, 0.2) is 85.1 Å². The lowest BCUT2D eigenvalue weighted by atomic mass is 9.98. The first-order valence-corrected chi connectivity index (χ1v) is 20.9. The molecule has 8 N–H and O–H groups in total. The van der Waals surface area contributed by atoms with Gasteiger partial charge in [-0.25, -0.2) is 0 Å². The predicted octanol–water partition coefficient (Wildman–Crippen LogP) is 3.28. The molecule has 0 radical (unpaired) electrons. The van der Waals surface area contributed by atoms with Gasteiger partial charge in [-0.15, -0.1) is 0 Å². The summed E-state index contributed by atoms with van der Waals surface area (Å²) in [5, 5.41) is 17.5. The van der Waals surface area contributed by atoms with Crippen molar-refractivity contribution < 1.29 is 28.8 Å². The Labute approximate surface area is 355 Å². The first-order chi connectivity index (χ1) is 28.4. The van der Waals surface area contributed by atoms with Crippen molar-refractivity contribution in [3.8, 4) is 0 Å². The molecule has 0 unspecified atom stereocenters. The molecule has 5 atom stereocenters. The fourth-order valence-electron chi connectivity index (χ4n) is 6.55. The van der Waals surface area contributed by atoms with Crippen molar-refractivity contribution in [2.45, 2.75) is 129 Å². The van der Waals surface area contributed by atoms with E-state index in [1.807, 2.05) is 74.5 Å². The number of benzene rings is 2. The summed E-state index contributed by atoms with van der Waals surface area (Å²) in [5.74, 6) is -3.89. The number of rotatable bonds is 24. The van der Waals surface area contributed by atoms with Gasteiger partial charge in [0.1, 0.15) is 30.2 Å². The van der Waals surface area contributed by atoms with E-state index in [1.165, 1.54) is 0 Å². The van der Waals surface area contributed by atoms with Gasteiger partial charge in [-0.1, -0.05) is 94.4 Å². The molecule has 14 nitrogen and oxygen atoms in total. The van der Waals surface area contributed by atoms with Crippen LogP contribution in [0.2, 0.25) is 0 Å². The third-order valence-electron chi connectivity index (χ3n) is 9.74. The molecule has 60 heavy (non-hydrogen) atoms. The molecule has 6 amide bonds. The summed E-state index contributed by atoms with van der Waals surface area (Å²) in [7, 11) is 0. The third-order valence-corrected chi connectivity index (χ3v) is 9.74. The third kappa shape index (κ3) is 18.1. The topological polar surface area (TPSA) is 214 Å². The van der Waals surface area contributed by atoms with E-state index >= 15 is 0 Å². The van der Waals surface area contributed by atoms with Crippen molar-refractivity contribution in [1.29, 1.82) is 0 Å². The molecule has 1 aromatic heterocycles. The lowest BCUT2D eigenvalue weighted by molar-refractivity contribution is -0.135. The molecule has 1 heterocycles. The van der Waals surface area contributed by atoms with E-state index in [0.29, 0.717) is 18.5 Å². The molecule has 0 aliphatic carbocycles. The van der Waals surface area contributed by atoms with Gasteiger partial charge >= 0.3 is 0 Å². The Morgan fingerprint density at radius 2 is 1.15 bits per heavy atom. The highest BCUT2D eigenvalue weighted by Crippen LogP contribution is 2.13. The first-order valence-electron chi connectivity index (χ1n) is 20.9. The van der Waals surface area contributed by atoms with E-state index < -0.39 is 65.7 Å². The molecule has 0 spiro atoms. The Hall–Kier alpha value is -5.63. The van der Waals surface area contributed by atoms with E-state index in [-0.39, 0.29) is 43.0 Å². The van der Waals surface area contributed by atoms with Gasteiger partial charge in [-0.2, -0.15) is 0 Å². The zero-order chi connectivity index (χ0) is 44.2. The molecular formula is C46H66N8O6. The predicted molar refractivity (Wildman–Crippen MR) is 233 cm³/mol. The minimum absolute atomic E-state index is 0.0171. The monoisotopic (exact) mass is 827 g/mol. The maximum atomic E-state index is 14.1. The summed E-state index contributed by atoms with van der Waals surface area (Å²) in [6.07, 6.45) is 3.82. The van der Waals surface area contributed by atoms with E-state index in [0.717, 1.165) is 24.1 Å². The van der Waals surface area contributed by atoms with Crippen LogP contribution < -0.4 is 37.6 Å².